The first-order valence-electron chi connectivity index (χ1n) is 6.26. The van der Waals surface area contributed by atoms with Crippen LogP contribution in [0.3, 0.4) is 0 Å². The third-order valence-corrected chi connectivity index (χ3v) is 2.92. The predicted molar refractivity (Wildman–Crippen MR) is 69.1 cm³/mol. The molecule has 2 aromatic rings. The van der Waals surface area contributed by atoms with E-state index in [0.717, 1.165) is 12.1 Å². The Morgan fingerprint density at radius 3 is 2.41 bits per heavy atom. The summed E-state index contributed by atoms with van der Waals surface area (Å²) in [6, 6.07) is 4.74. The number of halogens is 3. The summed E-state index contributed by atoms with van der Waals surface area (Å²) in [5.41, 5.74) is 2.43. The normalized spacial score (nSPS) is 17.8. The molecule has 1 N–H and O–H groups in total. The summed E-state index contributed by atoms with van der Waals surface area (Å²) in [6.45, 7) is 0. The van der Waals surface area contributed by atoms with Crippen LogP contribution in [0, 0.1) is 0 Å². The summed E-state index contributed by atoms with van der Waals surface area (Å²) < 4.78 is 43.0. The van der Waals surface area contributed by atoms with E-state index in [-0.39, 0.29) is 0 Å². The quantitative estimate of drug-likeness (QED) is 0.944. The zero-order valence-corrected chi connectivity index (χ0v) is 11.0. The number of rotatable bonds is 3. The van der Waals surface area contributed by atoms with E-state index in [1.165, 1.54) is 30.9 Å². The van der Waals surface area contributed by atoms with E-state index in [4.69, 9.17) is 9.57 Å². The maximum atomic E-state index is 12.5. The van der Waals surface area contributed by atoms with Crippen LogP contribution in [-0.4, -0.2) is 9.97 Å². The van der Waals surface area contributed by atoms with Crippen molar-refractivity contribution < 1.29 is 22.7 Å². The van der Waals surface area contributed by atoms with Gasteiger partial charge < -0.3 is 4.74 Å². The minimum atomic E-state index is -4.36. The first kappa shape index (κ1) is 14.3. The van der Waals surface area contributed by atoms with E-state index < -0.39 is 17.8 Å². The number of hydroxylamine groups is 1. The monoisotopic (exact) mass is 309 g/mol. The van der Waals surface area contributed by atoms with Crippen LogP contribution in [0.15, 0.2) is 54.9 Å². The number of hydrogen-bond acceptors (Lipinski definition) is 5. The largest absolute Gasteiger partial charge is 0.436 e. The number of aromatic nitrogens is 2. The molecule has 114 valence electrons. The molecule has 0 saturated carbocycles. The molecule has 5 nitrogen and oxygen atoms in total. The Bertz CT molecular complexity index is 672. The molecule has 22 heavy (non-hydrogen) atoms. The third kappa shape index (κ3) is 3.17. The Morgan fingerprint density at radius 1 is 1.09 bits per heavy atom. The summed E-state index contributed by atoms with van der Waals surface area (Å²) in [5, 5.41) is 0. The van der Waals surface area contributed by atoms with Gasteiger partial charge in [0.15, 0.2) is 5.75 Å². The van der Waals surface area contributed by atoms with Crippen molar-refractivity contribution in [2.45, 2.75) is 12.3 Å². The van der Waals surface area contributed by atoms with Crippen molar-refractivity contribution in [3.05, 3.63) is 66.1 Å². The van der Waals surface area contributed by atoms with Crippen molar-refractivity contribution in [1.29, 1.82) is 0 Å². The van der Waals surface area contributed by atoms with Crippen molar-refractivity contribution in [2.24, 2.45) is 0 Å². The van der Waals surface area contributed by atoms with Crippen LogP contribution in [0.1, 0.15) is 17.2 Å². The van der Waals surface area contributed by atoms with Crippen molar-refractivity contribution in [3.8, 4) is 5.75 Å². The van der Waals surface area contributed by atoms with Crippen molar-refractivity contribution in [1.82, 2.24) is 15.4 Å². The first-order chi connectivity index (χ1) is 10.5. The molecule has 1 atom stereocenters. The molecule has 0 radical (unpaired) electrons. The van der Waals surface area contributed by atoms with E-state index in [9.17, 15) is 13.2 Å². The van der Waals surface area contributed by atoms with Crippen molar-refractivity contribution >= 4 is 0 Å². The Labute approximate surface area is 123 Å². The average Bonchev–Trinajstić information content (AvgIpc) is 2.96. The van der Waals surface area contributed by atoms with Gasteiger partial charge in [-0.15, -0.1) is 0 Å². The summed E-state index contributed by atoms with van der Waals surface area (Å²) in [7, 11) is 0. The van der Waals surface area contributed by atoms with E-state index in [2.05, 4.69) is 15.4 Å². The molecule has 0 spiro atoms. The topological polar surface area (TPSA) is 56.3 Å². The minimum absolute atomic E-state index is 0.319. The molecule has 0 bridgehead atoms. The van der Waals surface area contributed by atoms with Crippen LogP contribution < -0.4 is 10.2 Å². The second-order valence-corrected chi connectivity index (χ2v) is 4.47. The Hall–Kier alpha value is -2.61. The molecule has 3 rings (SSSR count). The lowest BCUT2D eigenvalue weighted by Gasteiger charge is -2.10. The zero-order valence-electron chi connectivity index (χ0n) is 11.0. The highest BCUT2D eigenvalue weighted by molar-refractivity contribution is 5.29. The third-order valence-electron chi connectivity index (χ3n) is 2.92. The number of nitrogens with zero attached hydrogens (tertiary/aromatic N) is 2. The summed E-state index contributed by atoms with van der Waals surface area (Å²) in [6.07, 6.45) is 1.02. The van der Waals surface area contributed by atoms with Gasteiger partial charge in [-0.1, -0.05) is 12.1 Å². The lowest BCUT2D eigenvalue weighted by molar-refractivity contribution is -0.137. The van der Waals surface area contributed by atoms with E-state index in [1.807, 2.05) is 0 Å². The van der Waals surface area contributed by atoms with Gasteiger partial charge in [-0.05, 0) is 17.7 Å². The molecule has 1 aromatic carbocycles. The fourth-order valence-electron chi connectivity index (χ4n) is 1.87. The van der Waals surface area contributed by atoms with Crippen molar-refractivity contribution in [3.63, 3.8) is 0 Å². The number of hydrogen-bond donors (Lipinski definition) is 1. The highest BCUT2D eigenvalue weighted by Gasteiger charge is 2.30. The SMILES string of the molecule is FC(F)(F)c1ccc([C@H]2C=C(Oc3cncnc3)NO2)cc1. The van der Waals surface area contributed by atoms with Crippen LogP contribution in [0.4, 0.5) is 13.2 Å². The highest BCUT2D eigenvalue weighted by atomic mass is 19.4. The summed E-state index contributed by atoms with van der Waals surface area (Å²) >= 11 is 0. The maximum Gasteiger partial charge on any atom is 0.416 e. The molecule has 0 unspecified atom stereocenters. The average molecular weight is 309 g/mol. The van der Waals surface area contributed by atoms with Gasteiger partial charge in [0.1, 0.15) is 12.4 Å². The summed E-state index contributed by atoms with van der Waals surface area (Å²) in [4.78, 5) is 12.9. The molecule has 1 aromatic heterocycles. The van der Waals surface area contributed by atoms with E-state index >= 15 is 0 Å². The molecule has 8 heteroatoms. The maximum absolute atomic E-state index is 12.5. The van der Waals surface area contributed by atoms with Gasteiger partial charge in [-0.25, -0.2) is 15.4 Å². The summed E-state index contributed by atoms with van der Waals surface area (Å²) in [5.74, 6) is 0.734. The molecule has 2 heterocycles. The number of benzene rings is 1. The van der Waals surface area contributed by atoms with E-state index in [1.54, 1.807) is 6.08 Å². The second-order valence-electron chi connectivity index (χ2n) is 4.47. The molecule has 0 amide bonds. The van der Waals surface area contributed by atoms with Crippen LogP contribution >= 0.6 is 0 Å². The Morgan fingerprint density at radius 2 is 1.77 bits per heavy atom. The molecule has 1 aliphatic rings. The predicted octanol–water partition coefficient (Wildman–Crippen LogP) is 2.99. The zero-order chi connectivity index (χ0) is 15.6. The lowest BCUT2D eigenvalue weighted by atomic mass is 10.1. The van der Waals surface area contributed by atoms with Crippen LogP contribution in [0.25, 0.3) is 0 Å². The fourth-order valence-corrected chi connectivity index (χ4v) is 1.87. The second kappa shape index (κ2) is 5.64. The van der Waals surface area contributed by atoms with Gasteiger partial charge in [-0.2, -0.15) is 13.2 Å². The van der Waals surface area contributed by atoms with Gasteiger partial charge in [0.2, 0.25) is 5.88 Å². The number of ether oxygens (including phenoxy) is 1. The Kier molecular flexibility index (Phi) is 3.68. The van der Waals surface area contributed by atoms with Crippen LogP contribution in [0.5, 0.6) is 5.75 Å². The van der Waals surface area contributed by atoms with Crippen LogP contribution in [0.2, 0.25) is 0 Å². The molecule has 1 aliphatic heterocycles. The lowest BCUT2D eigenvalue weighted by Crippen LogP contribution is -2.12. The fraction of sp³-hybridized carbons (Fsp3) is 0.143. The van der Waals surface area contributed by atoms with Gasteiger partial charge in [0.05, 0.1) is 18.0 Å². The number of nitrogens with one attached hydrogen (secondary N) is 1. The molecular weight excluding hydrogens is 299 g/mol. The molecule has 0 fully saturated rings. The van der Waals surface area contributed by atoms with Gasteiger partial charge in [0.25, 0.3) is 0 Å². The molecule has 0 saturated heterocycles. The minimum Gasteiger partial charge on any atom is -0.436 e. The highest BCUT2D eigenvalue weighted by Crippen LogP contribution is 2.31. The Balaban J connectivity index is 1.71. The standard InChI is InChI=1S/C14H10F3N3O2/c15-14(16,17)10-3-1-9(2-4-10)12-5-13(20-22-12)21-11-6-18-8-19-7-11/h1-8,12,20H/t12-/m1/s1. The molecule has 0 aliphatic carbocycles. The molecular formula is C14H10F3N3O2. The van der Waals surface area contributed by atoms with Crippen molar-refractivity contribution in [2.75, 3.05) is 0 Å². The van der Waals surface area contributed by atoms with E-state index in [0.29, 0.717) is 17.2 Å². The number of alkyl halides is 3. The smallest absolute Gasteiger partial charge is 0.416 e. The van der Waals surface area contributed by atoms with Gasteiger partial charge in [-0.3, -0.25) is 4.84 Å². The van der Waals surface area contributed by atoms with Gasteiger partial charge >= 0.3 is 6.18 Å². The van der Waals surface area contributed by atoms with Gasteiger partial charge in [0, 0.05) is 6.08 Å². The van der Waals surface area contributed by atoms with Crippen LogP contribution in [-0.2, 0) is 11.0 Å². The first-order valence-corrected chi connectivity index (χ1v) is 6.26.